The van der Waals surface area contributed by atoms with Crippen molar-refractivity contribution in [1.29, 1.82) is 0 Å². The first kappa shape index (κ1) is 22.8. The second kappa shape index (κ2) is 9.60. The van der Waals surface area contributed by atoms with Crippen LogP contribution in [-0.4, -0.2) is 16.8 Å². The number of aryl methyl sites for hydroxylation is 4. The molecule has 0 fully saturated rings. The number of para-hydroxylation sites is 1. The van der Waals surface area contributed by atoms with E-state index in [-0.39, 0.29) is 5.91 Å². The van der Waals surface area contributed by atoms with Gasteiger partial charge in [0.1, 0.15) is 0 Å². The van der Waals surface area contributed by atoms with Gasteiger partial charge >= 0.3 is 0 Å². The Morgan fingerprint density at radius 3 is 2.24 bits per heavy atom. The Labute approximate surface area is 199 Å². The average molecular weight is 448 g/mol. The Morgan fingerprint density at radius 1 is 0.765 bits per heavy atom. The third kappa shape index (κ3) is 4.97. The van der Waals surface area contributed by atoms with Gasteiger partial charge in [0.25, 0.3) is 11.8 Å². The smallest absolute Gasteiger partial charge is 0.267 e. The zero-order valence-electron chi connectivity index (χ0n) is 19.6. The normalized spacial score (nSPS) is 10.4. The van der Waals surface area contributed by atoms with Gasteiger partial charge in [0.05, 0.1) is 5.52 Å². The highest BCUT2D eigenvalue weighted by molar-refractivity contribution is 6.00. The topological polar surface area (TPSA) is 71.1 Å². The molecule has 0 spiro atoms. The molecule has 0 atom stereocenters. The minimum Gasteiger partial charge on any atom is -0.267 e. The summed E-state index contributed by atoms with van der Waals surface area (Å²) in [7, 11) is 0. The molecule has 4 aromatic rings. The monoisotopic (exact) mass is 447 g/mol. The van der Waals surface area contributed by atoms with E-state index in [4.69, 9.17) is 0 Å². The molecular weight excluding hydrogens is 422 g/mol. The molecule has 168 valence electrons. The predicted octanol–water partition coefficient (Wildman–Crippen LogP) is 4.94. The molecule has 5 nitrogen and oxygen atoms in total. The number of pyridine rings is 1. The number of hydrazine groups is 1. The van der Waals surface area contributed by atoms with E-state index < -0.39 is 5.91 Å². The molecule has 0 bridgehead atoms. The zero-order valence-corrected chi connectivity index (χ0v) is 19.6. The summed E-state index contributed by atoms with van der Waals surface area (Å²) in [5.41, 5.74) is 12.2. The maximum atomic E-state index is 12.7. The lowest BCUT2D eigenvalue weighted by molar-refractivity contribution is 0.0846. The first-order valence-electron chi connectivity index (χ1n) is 11.0. The van der Waals surface area contributed by atoms with E-state index in [9.17, 15) is 9.59 Å². The van der Waals surface area contributed by atoms with Crippen LogP contribution in [0.3, 0.4) is 0 Å². The summed E-state index contributed by atoms with van der Waals surface area (Å²) in [4.78, 5) is 29.8. The van der Waals surface area contributed by atoms with Crippen LogP contribution < -0.4 is 10.9 Å². The largest absolute Gasteiger partial charge is 0.270 e. The molecular formula is C29H25N3O2. The van der Waals surface area contributed by atoms with Crippen LogP contribution in [0.25, 0.3) is 10.9 Å². The summed E-state index contributed by atoms with van der Waals surface area (Å²) >= 11 is 0. The van der Waals surface area contributed by atoms with E-state index >= 15 is 0 Å². The van der Waals surface area contributed by atoms with Crippen molar-refractivity contribution in [2.75, 3.05) is 0 Å². The van der Waals surface area contributed by atoms with Crippen molar-refractivity contribution in [2.24, 2.45) is 0 Å². The maximum Gasteiger partial charge on any atom is 0.270 e. The van der Waals surface area contributed by atoms with Gasteiger partial charge in [-0.05, 0) is 68.7 Å². The van der Waals surface area contributed by atoms with Crippen LogP contribution in [0.1, 0.15) is 54.1 Å². The predicted molar refractivity (Wildman–Crippen MR) is 134 cm³/mol. The molecule has 0 unspecified atom stereocenters. The second-order valence-electron chi connectivity index (χ2n) is 8.38. The van der Waals surface area contributed by atoms with Crippen molar-refractivity contribution in [3.05, 3.63) is 111 Å². The molecule has 2 N–H and O–H groups in total. The Balaban J connectivity index is 1.50. The fourth-order valence-corrected chi connectivity index (χ4v) is 3.96. The first-order valence-corrected chi connectivity index (χ1v) is 11.0. The minimum absolute atomic E-state index is 0.348. The van der Waals surface area contributed by atoms with E-state index in [2.05, 4.69) is 27.7 Å². The van der Waals surface area contributed by atoms with E-state index in [0.717, 1.165) is 44.3 Å². The third-order valence-corrected chi connectivity index (χ3v) is 5.63. The summed E-state index contributed by atoms with van der Waals surface area (Å²) < 4.78 is 0. The Hall–Kier alpha value is -4.43. The van der Waals surface area contributed by atoms with Crippen molar-refractivity contribution in [1.82, 2.24) is 15.8 Å². The van der Waals surface area contributed by atoms with Crippen LogP contribution in [0.5, 0.6) is 0 Å². The van der Waals surface area contributed by atoms with E-state index in [1.54, 1.807) is 18.3 Å². The number of aromatic nitrogens is 1. The zero-order chi connectivity index (χ0) is 24.2. The lowest BCUT2D eigenvalue weighted by Crippen LogP contribution is -2.42. The summed E-state index contributed by atoms with van der Waals surface area (Å²) in [5.74, 6) is 5.52. The van der Waals surface area contributed by atoms with Gasteiger partial charge in [-0.2, -0.15) is 0 Å². The number of hydrogen-bond donors (Lipinski definition) is 2. The highest BCUT2D eigenvalue weighted by Gasteiger charge is 2.14. The fraction of sp³-hybridized carbons (Fsp3) is 0.138. The summed E-state index contributed by atoms with van der Waals surface area (Å²) in [6, 6.07) is 19.0. The summed E-state index contributed by atoms with van der Waals surface area (Å²) in [5, 5.41) is 1.02. The summed E-state index contributed by atoms with van der Waals surface area (Å²) in [6.07, 6.45) is 1.74. The highest BCUT2D eigenvalue weighted by Crippen LogP contribution is 2.16. The molecule has 2 amide bonds. The maximum absolute atomic E-state index is 12.7. The van der Waals surface area contributed by atoms with Gasteiger partial charge in [0.15, 0.2) is 0 Å². The van der Waals surface area contributed by atoms with E-state index in [0.29, 0.717) is 11.1 Å². The van der Waals surface area contributed by atoms with Gasteiger partial charge in [-0.25, -0.2) is 0 Å². The lowest BCUT2D eigenvalue weighted by Gasteiger charge is -2.13. The van der Waals surface area contributed by atoms with Crippen LogP contribution in [0.4, 0.5) is 0 Å². The SMILES string of the molecule is Cc1cc(C)c(C(=O)NNC(=O)c2ccc(C)c(C#Cc3cnc4ccccc4c3)c2)c(C)c1. The molecule has 5 heteroatoms. The van der Waals surface area contributed by atoms with Crippen molar-refractivity contribution in [3.8, 4) is 11.8 Å². The Bertz CT molecular complexity index is 1470. The third-order valence-electron chi connectivity index (χ3n) is 5.63. The van der Waals surface area contributed by atoms with Crippen LogP contribution >= 0.6 is 0 Å². The van der Waals surface area contributed by atoms with Crippen molar-refractivity contribution < 1.29 is 9.59 Å². The molecule has 1 aromatic heterocycles. The number of rotatable bonds is 2. The summed E-state index contributed by atoms with van der Waals surface area (Å²) in [6.45, 7) is 7.69. The fourth-order valence-electron chi connectivity index (χ4n) is 3.96. The molecule has 0 aliphatic heterocycles. The molecule has 0 radical (unpaired) electrons. The van der Waals surface area contributed by atoms with Crippen molar-refractivity contribution in [2.45, 2.75) is 27.7 Å². The van der Waals surface area contributed by atoms with Crippen molar-refractivity contribution in [3.63, 3.8) is 0 Å². The molecule has 4 rings (SSSR count). The molecule has 34 heavy (non-hydrogen) atoms. The second-order valence-corrected chi connectivity index (χ2v) is 8.38. The van der Waals surface area contributed by atoms with Crippen LogP contribution in [-0.2, 0) is 0 Å². The quantitative estimate of drug-likeness (QED) is 0.338. The number of hydrogen-bond acceptors (Lipinski definition) is 3. The van der Waals surface area contributed by atoms with Gasteiger partial charge < -0.3 is 0 Å². The van der Waals surface area contributed by atoms with Gasteiger partial charge in [0, 0.05) is 33.8 Å². The van der Waals surface area contributed by atoms with Crippen LogP contribution in [0.15, 0.2) is 66.9 Å². The number of nitrogens with zero attached hydrogens (tertiary/aromatic N) is 1. The molecule has 0 saturated heterocycles. The Morgan fingerprint density at radius 2 is 1.47 bits per heavy atom. The number of carbonyl (C=O) groups is 2. The van der Waals surface area contributed by atoms with Crippen LogP contribution in [0.2, 0.25) is 0 Å². The standard InChI is InChI=1S/C29H25N3O2/c1-18-13-20(3)27(21(4)14-18)29(34)32-31-28(33)25-11-9-19(2)23(16-25)12-10-22-15-24-7-5-6-8-26(24)30-17-22/h5-9,11,13-17H,1-4H3,(H,31,33)(H,32,34). The van der Waals surface area contributed by atoms with Gasteiger partial charge in [-0.3, -0.25) is 25.4 Å². The van der Waals surface area contributed by atoms with Gasteiger partial charge in [-0.15, -0.1) is 0 Å². The average Bonchev–Trinajstić information content (AvgIpc) is 2.81. The number of amides is 2. The number of fused-ring (bicyclic) bond motifs is 1. The first-order chi connectivity index (χ1) is 16.3. The highest BCUT2D eigenvalue weighted by atomic mass is 16.2. The molecule has 1 heterocycles. The van der Waals surface area contributed by atoms with Crippen LogP contribution in [0, 0.1) is 39.5 Å². The molecule has 0 saturated carbocycles. The van der Waals surface area contributed by atoms with Crippen molar-refractivity contribution >= 4 is 22.7 Å². The molecule has 0 aliphatic rings. The molecule has 3 aromatic carbocycles. The van der Waals surface area contributed by atoms with Gasteiger partial charge in [0.2, 0.25) is 0 Å². The number of nitrogens with one attached hydrogen (secondary N) is 2. The van der Waals surface area contributed by atoms with E-state index in [1.165, 1.54) is 0 Å². The van der Waals surface area contributed by atoms with E-state index in [1.807, 2.05) is 76.2 Å². The van der Waals surface area contributed by atoms with Gasteiger partial charge in [-0.1, -0.05) is 53.8 Å². The minimum atomic E-state index is -0.411. The lowest BCUT2D eigenvalue weighted by atomic mass is 9.99. The number of carbonyl (C=O) groups excluding carboxylic acids is 2. The Kier molecular flexibility index (Phi) is 6.42. The molecule has 0 aliphatic carbocycles. The number of benzene rings is 3.